The summed E-state index contributed by atoms with van der Waals surface area (Å²) in [5.74, 6) is -0.542. The molecule has 1 aliphatic heterocycles. The summed E-state index contributed by atoms with van der Waals surface area (Å²) >= 11 is 11.6. The topological polar surface area (TPSA) is 15.3 Å². The first-order valence-electron chi connectivity index (χ1n) is 5.28. The minimum Gasteiger partial charge on any atom is -0.370 e. The lowest BCUT2D eigenvalue weighted by molar-refractivity contribution is 0.628. The molecule has 0 radical (unpaired) electrons. The molecule has 0 aliphatic carbocycles. The molecule has 5 heteroatoms. The minimum absolute atomic E-state index is 0.0831. The van der Waals surface area contributed by atoms with Gasteiger partial charge in [-0.25, -0.2) is 4.39 Å². The van der Waals surface area contributed by atoms with Crippen LogP contribution < -0.4 is 10.2 Å². The van der Waals surface area contributed by atoms with Crippen molar-refractivity contribution in [2.24, 2.45) is 0 Å². The lowest BCUT2D eigenvalue weighted by atomic mass is 10.2. The predicted molar refractivity (Wildman–Crippen MR) is 66.1 cm³/mol. The molecule has 16 heavy (non-hydrogen) atoms. The number of rotatable bonds is 1. The lowest BCUT2D eigenvalue weighted by Gasteiger charge is -2.22. The molecule has 0 unspecified atom stereocenters. The summed E-state index contributed by atoms with van der Waals surface area (Å²) in [6.45, 7) is 3.76. The van der Waals surface area contributed by atoms with Crippen LogP contribution in [0.2, 0.25) is 10.0 Å². The molecule has 0 amide bonds. The number of benzene rings is 1. The Morgan fingerprint density at radius 2 is 1.81 bits per heavy atom. The van der Waals surface area contributed by atoms with Gasteiger partial charge in [0.05, 0.1) is 10.0 Å². The van der Waals surface area contributed by atoms with Gasteiger partial charge in [-0.15, -0.1) is 0 Å². The van der Waals surface area contributed by atoms with Gasteiger partial charge < -0.3 is 10.2 Å². The summed E-state index contributed by atoms with van der Waals surface area (Å²) < 4.78 is 13.3. The van der Waals surface area contributed by atoms with Crippen LogP contribution in [-0.4, -0.2) is 26.2 Å². The SMILES string of the molecule is Fc1c(Cl)cc(N2CCCNCC2)cc1Cl. The Bertz CT molecular complexity index is 353. The molecule has 0 atom stereocenters. The molecule has 2 rings (SSSR count). The third-order valence-electron chi connectivity index (χ3n) is 2.67. The van der Waals surface area contributed by atoms with Gasteiger partial charge in [0, 0.05) is 25.3 Å². The van der Waals surface area contributed by atoms with E-state index in [1.165, 1.54) is 0 Å². The smallest absolute Gasteiger partial charge is 0.160 e. The molecule has 1 saturated heterocycles. The zero-order valence-electron chi connectivity index (χ0n) is 8.77. The summed E-state index contributed by atoms with van der Waals surface area (Å²) in [5.41, 5.74) is 0.889. The van der Waals surface area contributed by atoms with Crippen LogP contribution >= 0.6 is 23.2 Å². The van der Waals surface area contributed by atoms with Crippen LogP contribution in [0.1, 0.15) is 6.42 Å². The maximum absolute atomic E-state index is 13.3. The first-order valence-corrected chi connectivity index (χ1v) is 6.04. The summed E-state index contributed by atoms with van der Waals surface area (Å²) in [6, 6.07) is 3.27. The molecule has 0 bridgehead atoms. The second-order valence-electron chi connectivity index (χ2n) is 3.81. The van der Waals surface area contributed by atoms with E-state index in [9.17, 15) is 4.39 Å². The van der Waals surface area contributed by atoms with E-state index in [2.05, 4.69) is 10.2 Å². The summed E-state index contributed by atoms with van der Waals surface area (Å²) in [7, 11) is 0. The molecule has 88 valence electrons. The second-order valence-corrected chi connectivity index (χ2v) is 4.63. The Labute approximate surface area is 104 Å². The van der Waals surface area contributed by atoms with E-state index in [1.807, 2.05) is 0 Å². The van der Waals surface area contributed by atoms with Gasteiger partial charge in [0.25, 0.3) is 0 Å². The van der Waals surface area contributed by atoms with Gasteiger partial charge in [-0.3, -0.25) is 0 Å². The maximum atomic E-state index is 13.3. The van der Waals surface area contributed by atoms with Crippen LogP contribution in [0.25, 0.3) is 0 Å². The van der Waals surface area contributed by atoms with E-state index in [1.54, 1.807) is 12.1 Å². The number of anilines is 1. The van der Waals surface area contributed by atoms with Crippen molar-refractivity contribution in [2.45, 2.75) is 6.42 Å². The largest absolute Gasteiger partial charge is 0.370 e. The molecular weight excluding hydrogens is 250 g/mol. The molecule has 1 fully saturated rings. The number of nitrogens with one attached hydrogen (secondary N) is 1. The zero-order valence-corrected chi connectivity index (χ0v) is 10.3. The highest BCUT2D eigenvalue weighted by atomic mass is 35.5. The molecule has 0 saturated carbocycles. The predicted octanol–water partition coefficient (Wildman–Crippen LogP) is 2.93. The summed E-state index contributed by atoms with van der Waals surface area (Å²) in [5, 5.41) is 3.47. The van der Waals surface area contributed by atoms with Gasteiger partial charge in [-0.2, -0.15) is 0 Å². The summed E-state index contributed by atoms with van der Waals surface area (Å²) in [6.07, 6.45) is 1.06. The van der Waals surface area contributed by atoms with E-state index >= 15 is 0 Å². The second kappa shape index (κ2) is 5.21. The highest BCUT2D eigenvalue weighted by Crippen LogP contribution is 2.29. The van der Waals surface area contributed by atoms with Gasteiger partial charge in [-0.05, 0) is 25.1 Å². The number of hydrogen-bond donors (Lipinski definition) is 1. The molecule has 1 aliphatic rings. The Balaban J connectivity index is 2.25. The lowest BCUT2D eigenvalue weighted by Crippen LogP contribution is -2.27. The van der Waals surface area contributed by atoms with E-state index < -0.39 is 5.82 Å². The van der Waals surface area contributed by atoms with Crippen molar-refractivity contribution in [3.05, 3.63) is 28.0 Å². The van der Waals surface area contributed by atoms with E-state index in [4.69, 9.17) is 23.2 Å². The van der Waals surface area contributed by atoms with Crippen molar-refractivity contribution in [3.63, 3.8) is 0 Å². The first-order chi connectivity index (χ1) is 7.68. The van der Waals surface area contributed by atoms with Crippen molar-refractivity contribution < 1.29 is 4.39 Å². The van der Waals surface area contributed by atoms with Crippen molar-refractivity contribution >= 4 is 28.9 Å². The highest BCUT2D eigenvalue weighted by molar-refractivity contribution is 6.35. The molecule has 1 aromatic carbocycles. The van der Waals surface area contributed by atoms with Crippen molar-refractivity contribution in [2.75, 3.05) is 31.1 Å². The average Bonchev–Trinajstić information content (AvgIpc) is 2.53. The van der Waals surface area contributed by atoms with Crippen LogP contribution in [0.15, 0.2) is 12.1 Å². The molecule has 1 aromatic rings. The summed E-state index contributed by atoms with van der Waals surface area (Å²) in [4.78, 5) is 2.16. The highest BCUT2D eigenvalue weighted by Gasteiger charge is 2.13. The molecular formula is C11H13Cl2FN2. The number of nitrogens with zero attached hydrogens (tertiary/aromatic N) is 1. The van der Waals surface area contributed by atoms with Crippen molar-refractivity contribution in [1.82, 2.24) is 5.32 Å². The monoisotopic (exact) mass is 262 g/mol. The normalized spacial score (nSPS) is 17.3. The Morgan fingerprint density at radius 1 is 1.12 bits per heavy atom. The molecule has 0 spiro atoms. The minimum atomic E-state index is -0.542. The van der Waals surface area contributed by atoms with Crippen LogP contribution in [0.3, 0.4) is 0 Å². The molecule has 2 nitrogen and oxygen atoms in total. The Kier molecular flexibility index (Phi) is 3.90. The van der Waals surface area contributed by atoms with Crippen LogP contribution in [0.5, 0.6) is 0 Å². The van der Waals surface area contributed by atoms with E-state index in [-0.39, 0.29) is 10.0 Å². The van der Waals surface area contributed by atoms with Crippen LogP contribution in [-0.2, 0) is 0 Å². The third kappa shape index (κ3) is 2.59. The van der Waals surface area contributed by atoms with Gasteiger partial charge >= 0.3 is 0 Å². The van der Waals surface area contributed by atoms with E-state index in [0.717, 1.165) is 38.3 Å². The fraction of sp³-hybridized carbons (Fsp3) is 0.455. The fourth-order valence-electron chi connectivity index (χ4n) is 1.83. The third-order valence-corrected chi connectivity index (χ3v) is 3.22. The van der Waals surface area contributed by atoms with Crippen LogP contribution in [0, 0.1) is 5.82 Å². The van der Waals surface area contributed by atoms with Crippen molar-refractivity contribution in [3.8, 4) is 0 Å². The first kappa shape index (κ1) is 12.0. The van der Waals surface area contributed by atoms with Gasteiger partial charge in [-0.1, -0.05) is 23.2 Å². The Morgan fingerprint density at radius 3 is 2.50 bits per heavy atom. The molecule has 1 heterocycles. The van der Waals surface area contributed by atoms with Crippen molar-refractivity contribution in [1.29, 1.82) is 0 Å². The Hall–Kier alpha value is -0.510. The average molecular weight is 263 g/mol. The number of halogens is 3. The maximum Gasteiger partial charge on any atom is 0.160 e. The quantitative estimate of drug-likeness (QED) is 0.784. The van der Waals surface area contributed by atoms with Gasteiger partial charge in [0.1, 0.15) is 0 Å². The number of hydrogen-bond acceptors (Lipinski definition) is 2. The van der Waals surface area contributed by atoms with Gasteiger partial charge in [0.15, 0.2) is 5.82 Å². The van der Waals surface area contributed by atoms with E-state index in [0.29, 0.717) is 0 Å². The van der Waals surface area contributed by atoms with Crippen LogP contribution in [0.4, 0.5) is 10.1 Å². The molecule has 1 N–H and O–H groups in total. The van der Waals surface area contributed by atoms with Gasteiger partial charge in [0.2, 0.25) is 0 Å². The standard InChI is InChI=1S/C11H13Cl2FN2/c12-9-6-8(7-10(13)11(9)14)16-4-1-2-15-3-5-16/h6-7,15H,1-5H2. The fourth-order valence-corrected chi connectivity index (χ4v) is 2.30. The zero-order chi connectivity index (χ0) is 11.5. The molecule has 0 aromatic heterocycles.